The van der Waals surface area contributed by atoms with E-state index in [4.69, 9.17) is 21.1 Å². The first kappa shape index (κ1) is 18.3. The van der Waals surface area contributed by atoms with Crippen LogP contribution in [0.5, 0.6) is 5.75 Å². The van der Waals surface area contributed by atoms with E-state index in [-0.39, 0.29) is 22.8 Å². The lowest BCUT2D eigenvalue weighted by Crippen LogP contribution is -2.13. The summed E-state index contributed by atoms with van der Waals surface area (Å²) in [6.07, 6.45) is 0. The molecule has 0 aliphatic carbocycles. The van der Waals surface area contributed by atoms with Gasteiger partial charge in [-0.2, -0.15) is 0 Å². The van der Waals surface area contributed by atoms with Crippen LogP contribution in [0.3, 0.4) is 0 Å². The second-order valence-corrected chi connectivity index (χ2v) is 7.61. The molecule has 0 bridgehead atoms. The van der Waals surface area contributed by atoms with Gasteiger partial charge in [-0.25, -0.2) is 13.2 Å². The fraction of sp³-hybridized carbons (Fsp3) is 0.235. The number of sulfone groups is 1. The Hall–Kier alpha value is -2.05. The maximum Gasteiger partial charge on any atom is 0.339 e. The highest BCUT2D eigenvalue weighted by molar-refractivity contribution is 7.91. The molecule has 0 N–H and O–H groups in total. The van der Waals surface area contributed by atoms with Crippen LogP contribution < -0.4 is 4.74 Å². The average molecular weight is 369 g/mol. The third-order valence-electron chi connectivity index (χ3n) is 3.42. The molecule has 0 aliphatic heterocycles. The van der Waals surface area contributed by atoms with Gasteiger partial charge in [0.25, 0.3) is 0 Å². The van der Waals surface area contributed by atoms with E-state index < -0.39 is 15.8 Å². The number of carbonyl (C=O) groups excluding carboxylic acids is 1. The molecular weight excluding hydrogens is 352 g/mol. The molecule has 128 valence electrons. The Labute approximate surface area is 146 Å². The second kappa shape index (κ2) is 7.68. The Morgan fingerprint density at radius 1 is 1.17 bits per heavy atom. The number of benzene rings is 2. The maximum absolute atomic E-state index is 12.3. The minimum Gasteiger partial charge on any atom is -0.496 e. The average Bonchev–Trinajstić information content (AvgIpc) is 2.59. The lowest BCUT2D eigenvalue weighted by Gasteiger charge is -2.11. The molecule has 0 saturated carbocycles. The van der Waals surface area contributed by atoms with Crippen molar-refractivity contribution in [2.75, 3.05) is 12.9 Å². The van der Waals surface area contributed by atoms with Crippen LogP contribution in [0.1, 0.15) is 22.8 Å². The summed E-state index contributed by atoms with van der Waals surface area (Å²) < 4.78 is 34.6. The van der Waals surface area contributed by atoms with Crippen molar-refractivity contribution in [2.45, 2.75) is 18.4 Å². The number of ether oxygens (including phenoxy) is 2. The van der Waals surface area contributed by atoms with Crippen molar-refractivity contribution in [1.29, 1.82) is 0 Å². The highest BCUT2D eigenvalue weighted by atomic mass is 35.5. The van der Waals surface area contributed by atoms with Gasteiger partial charge in [-0.05, 0) is 30.3 Å². The molecule has 0 radical (unpaired) electrons. The van der Waals surface area contributed by atoms with Crippen LogP contribution in [0.2, 0.25) is 5.02 Å². The molecule has 2 rings (SSSR count). The number of esters is 1. The maximum atomic E-state index is 12.3. The molecule has 0 heterocycles. The van der Waals surface area contributed by atoms with Crippen LogP contribution in [0.25, 0.3) is 0 Å². The highest BCUT2D eigenvalue weighted by Crippen LogP contribution is 2.24. The van der Waals surface area contributed by atoms with E-state index in [0.29, 0.717) is 16.3 Å². The van der Waals surface area contributed by atoms with Gasteiger partial charge in [-0.1, -0.05) is 30.7 Å². The van der Waals surface area contributed by atoms with Crippen LogP contribution in [-0.2, 0) is 21.2 Å². The summed E-state index contributed by atoms with van der Waals surface area (Å²) in [5, 5.41) is 0.482. The van der Waals surface area contributed by atoms with Gasteiger partial charge in [0.2, 0.25) is 0 Å². The summed E-state index contributed by atoms with van der Waals surface area (Å²) in [5.41, 5.74) is 0.606. The molecule has 0 aromatic heterocycles. The minimum absolute atomic E-state index is 0.0142. The van der Waals surface area contributed by atoms with Gasteiger partial charge in [0.05, 0.1) is 23.3 Å². The van der Waals surface area contributed by atoms with Gasteiger partial charge in [0.15, 0.2) is 9.84 Å². The standard InChI is InChI=1S/C17H17ClO5S/c1-3-24(20,21)16-7-5-4-6-14(16)17(19)23-11-12-10-13(18)8-9-15(12)22-2/h4-10H,3,11H2,1-2H3. The number of carbonyl (C=O) groups is 1. The van der Waals surface area contributed by atoms with Crippen LogP contribution in [-0.4, -0.2) is 27.2 Å². The third-order valence-corrected chi connectivity index (χ3v) is 5.44. The zero-order valence-corrected chi connectivity index (χ0v) is 14.9. The number of hydrogen-bond donors (Lipinski definition) is 0. The van der Waals surface area contributed by atoms with Crippen molar-refractivity contribution in [1.82, 2.24) is 0 Å². The third kappa shape index (κ3) is 4.07. The Morgan fingerprint density at radius 2 is 1.88 bits per heavy atom. The van der Waals surface area contributed by atoms with E-state index in [0.717, 1.165) is 0 Å². The van der Waals surface area contributed by atoms with Gasteiger partial charge in [-0.15, -0.1) is 0 Å². The van der Waals surface area contributed by atoms with Crippen molar-refractivity contribution in [3.63, 3.8) is 0 Å². The highest BCUT2D eigenvalue weighted by Gasteiger charge is 2.21. The van der Waals surface area contributed by atoms with Crippen molar-refractivity contribution < 1.29 is 22.7 Å². The first-order chi connectivity index (χ1) is 11.4. The van der Waals surface area contributed by atoms with Crippen molar-refractivity contribution in [3.8, 4) is 5.75 Å². The summed E-state index contributed by atoms with van der Waals surface area (Å²) in [6, 6.07) is 10.9. The zero-order valence-electron chi connectivity index (χ0n) is 13.3. The van der Waals surface area contributed by atoms with E-state index in [1.165, 1.54) is 26.2 Å². The number of hydrogen-bond acceptors (Lipinski definition) is 5. The van der Waals surface area contributed by atoms with Crippen molar-refractivity contribution in [3.05, 3.63) is 58.6 Å². The molecule has 0 unspecified atom stereocenters. The lowest BCUT2D eigenvalue weighted by molar-refractivity contribution is 0.0465. The van der Waals surface area contributed by atoms with Gasteiger partial charge in [-0.3, -0.25) is 0 Å². The molecule has 7 heteroatoms. The molecule has 0 aliphatic rings. The molecule has 0 saturated heterocycles. The van der Waals surface area contributed by atoms with Crippen LogP contribution >= 0.6 is 11.6 Å². The van der Waals surface area contributed by atoms with Crippen LogP contribution in [0.15, 0.2) is 47.4 Å². The molecule has 5 nitrogen and oxygen atoms in total. The number of halogens is 1. The van der Waals surface area contributed by atoms with Gasteiger partial charge >= 0.3 is 5.97 Å². The number of rotatable bonds is 6. The number of methoxy groups -OCH3 is 1. The minimum atomic E-state index is -3.52. The second-order valence-electron chi connectivity index (χ2n) is 4.93. The zero-order chi connectivity index (χ0) is 17.7. The molecule has 0 spiro atoms. The molecule has 2 aromatic carbocycles. The molecule has 0 fully saturated rings. The summed E-state index contributed by atoms with van der Waals surface area (Å²) in [6.45, 7) is 1.44. The first-order valence-electron chi connectivity index (χ1n) is 7.20. The molecule has 0 atom stereocenters. The predicted molar refractivity (Wildman–Crippen MR) is 91.3 cm³/mol. The van der Waals surface area contributed by atoms with E-state index in [1.54, 1.807) is 30.3 Å². The SMILES string of the molecule is CCS(=O)(=O)c1ccccc1C(=O)OCc1cc(Cl)ccc1OC. The Kier molecular flexibility index (Phi) is 5.85. The van der Waals surface area contributed by atoms with E-state index in [1.807, 2.05) is 0 Å². The Balaban J connectivity index is 2.25. The van der Waals surface area contributed by atoms with Crippen LogP contribution in [0.4, 0.5) is 0 Å². The smallest absolute Gasteiger partial charge is 0.339 e. The summed E-state index contributed by atoms with van der Waals surface area (Å²) in [5.74, 6) is -0.286. The van der Waals surface area contributed by atoms with Gasteiger partial charge in [0, 0.05) is 10.6 Å². The predicted octanol–water partition coefficient (Wildman–Crippen LogP) is 3.50. The monoisotopic (exact) mass is 368 g/mol. The van der Waals surface area contributed by atoms with E-state index in [9.17, 15) is 13.2 Å². The largest absolute Gasteiger partial charge is 0.496 e. The van der Waals surface area contributed by atoms with Crippen molar-refractivity contribution >= 4 is 27.4 Å². The summed E-state index contributed by atoms with van der Waals surface area (Å²) in [7, 11) is -2.03. The molecule has 2 aromatic rings. The Bertz CT molecular complexity index is 846. The summed E-state index contributed by atoms with van der Waals surface area (Å²) >= 11 is 5.93. The molecule has 0 amide bonds. The summed E-state index contributed by atoms with van der Waals surface area (Å²) in [4.78, 5) is 12.3. The molecular formula is C17H17ClO5S. The lowest BCUT2D eigenvalue weighted by atomic mass is 10.2. The van der Waals surface area contributed by atoms with Gasteiger partial charge < -0.3 is 9.47 Å². The molecule has 24 heavy (non-hydrogen) atoms. The van der Waals surface area contributed by atoms with E-state index in [2.05, 4.69) is 0 Å². The quantitative estimate of drug-likeness (QED) is 0.730. The van der Waals surface area contributed by atoms with Crippen molar-refractivity contribution in [2.24, 2.45) is 0 Å². The first-order valence-corrected chi connectivity index (χ1v) is 9.23. The topological polar surface area (TPSA) is 69.7 Å². The van der Waals surface area contributed by atoms with Crippen LogP contribution in [0, 0.1) is 0 Å². The van der Waals surface area contributed by atoms with E-state index >= 15 is 0 Å². The fourth-order valence-electron chi connectivity index (χ4n) is 2.14. The van der Waals surface area contributed by atoms with Gasteiger partial charge in [0.1, 0.15) is 12.4 Å². The fourth-order valence-corrected chi connectivity index (χ4v) is 3.42. The Morgan fingerprint density at radius 3 is 2.54 bits per heavy atom. The normalized spacial score (nSPS) is 11.1.